The number of amides is 1. The summed E-state index contributed by atoms with van der Waals surface area (Å²) in [4.78, 5) is 20.6. The second-order valence-electron chi connectivity index (χ2n) is 7.01. The summed E-state index contributed by atoms with van der Waals surface area (Å²) in [7, 11) is -3.84. The lowest BCUT2D eigenvalue weighted by atomic mass is 10.2. The van der Waals surface area contributed by atoms with Crippen LogP contribution in [0.4, 0.5) is 11.5 Å². The lowest BCUT2D eigenvalue weighted by molar-refractivity contribution is -0.111. The molecule has 2 aromatic carbocycles. The number of ether oxygens (including phenoxy) is 1. The van der Waals surface area contributed by atoms with Gasteiger partial charge in [0, 0.05) is 33.6 Å². The van der Waals surface area contributed by atoms with Crippen LogP contribution in [0.15, 0.2) is 64.0 Å². The molecular weight excluding hydrogens is 508 g/mol. The third-order valence-electron chi connectivity index (χ3n) is 4.32. The SMILES string of the molecule is CCOc1ccc(Br)cc1/C=C/C(=O)Nc1ccc(S(=O)(=O)Nc2cc(C)nc(C)n2)cc1. The number of sulfonamides is 1. The number of nitrogens with one attached hydrogen (secondary N) is 2. The molecule has 172 valence electrons. The van der Waals surface area contributed by atoms with Gasteiger partial charge in [-0.3, -0.25) is 9.52 Å². The summed E-state index contributed by atoms with van der Waals surface area (Å²) in [6.45, 7) is 5.84. The highest BCUT2D eigenvalue weighted by Gasteiger charge is 2.15. The normalized spacial score (nSPS) is 11.4. The smallest absolute Gasteiger partial charge is 0.263 e. The first-order chi connectivity index (χ1) is 15.7. The zero-order valence-electron chi connectivity index (χ0n) is 18.3. The van der Waals surface area contributed by atoms with Crippen LogP contribution in [-0.4, -0.2) is 30.9 Å². The van der Waals surface area contributed by atoms with Crippen molar-refractivity contribution in [1.29, 1.82) is 0 Å². The number of carbonyl (C=O) groups excluding carboxylic acids is 1. The summed E-state index contributed by atoms with van der Waals surface area (Å²) < 4.78 is 34.2. The quantitative estimate of drug-likeness (QED) is 0.408. The summed E-state index contributed by atoms with van der Waals surface area (Å²) in [6.07, 6.45) is 3.04. The Balaban J connectivity index is 1.68. The van der Waals surface area contributed by atoms with Crippen LogP contribution in [0.3, 0.4) is 0 Å². The van der Waals surface area contributed by atoms with Crippen molar-refractivity contribution in [3.05, 3.63) is 76.2 Å². The maximum atomic E-state index is 12.6. The molecule has 33 heavy (non-hydrogen) atoms. The van der Waals surface area contributed by atoms with Crippen LogP contribution in [0.2, 0.25) is 0 Å². The minimum Gasteiger partial charge on any atom is -0.493 e. The van der Waals surface area contributed by atoms with Gasteiger partial charge in [0.15, 0.2) is 0 Å². The van der Waals surface area contributed by atoms with Gasteiger partial charge in [0.1, 0.15) is 17.4 Å². The minimum atomic E-state index is -3.84. The zero-order chi connectivity index (χ0) is 24.0. The maximum Gasteiger partial charge on any atom is 0.263 e. The molecule has 3 rings (SSSR count). The molecule has 1 amide bonds. The molecular formula is C23H23BrN4O4S. The van der Waals surface area contributed by atoms with Gasteiger partial charge in [0.05, 0.1) is 11.5 Å². The van der Waals surface area contributed by atoms with Gasteiger partial charge in [-0.1, -0.05) is 15.9 Å². The predicted octanol–water partition coefficient (Wildman–Crippen LogP) is 4.71. The van der Waals surface area contributed by atoms with Gasteiger partial charge in [-0.15, -0.1) is 0 Å². The number of benzene rings is 2. The van der Waals surface area contributed by atoms with Gasteiger partial charge in [-0.25, -0.2) is 18.4 Å². The van der Waals surface area contributed by atoms with Gasteiger partial charge in [-0.05, 0) is 69.3 Å². The van der Waals surface area contributed by atoms with Crippen LogP contribution >= 0.6 is 15.9 Å². The third kappa shape index (κ3) is 6.87. The highest BCUT2D eigenvalue weighted by atomic mass is 79.9. The van der Waals surface area contributed by atoms with Crippen molar-refractivity contribution in [2.24, 2.45) is 0 Å². The fraction of sp³-hybridized carbons (Fsp3) is 0.174. The molecule has 3 aromatic rings. The van der Waals surface area contributed by atoms with E-state index in [-0.39, 0.29) is 16.6 Å². The Morgan fingerprint density at radius 2 is 1.82 bits per heavy atom. The molecule has 0 saturated heterocycles. The van der Waals surface area contributed by atoms with Crippen LogP contribution in [0.1, 0.15) is 24.0 Å². The maximum absolute atomic E-state index is 12.6. The molecule has 2 N–H and O–H groups in total. The number of nitrogens with zero attached hydrogens (tertiary/aromatic N) is 2. The van der Waals surface area contributed by atoms with E-state index in [0.717, 1.165) is 10.0 Å². The molecule has 0 fully saturated rings. The number of anilines is 2. The number of rotatable bonds is 8. The largest absolute Gasteiger partial charge is 0.493 e. The molecule has 0 aliphatic carbocycles. The van der Waals surface area contributed by atoms with Crippen molar-refractivity contribution in [3.8, 4) is 5.75 Å². The number of halogens is 1. The van der Waals surface area contributed by atoms with Gasteiger partial charge >= 0.3 is 0 Å². The first kappa shape index (κ1) is 24.4. The molecule has 1 aromatic heterocycles. The molecule has 0 saturated carbocycles. The zero-order valence-corrected chi connectivity index (χ0v) is 20.7. The molecule has 10 heteroatoms. The van der Waals surface area contributed by atoms with Gasteiger partial charge in [0.2, 0.25) is 5.91 Å². The van der Waals surface area contributed by atoms with Gasteiger partial charge in [0.25, 0.3) is 10.0 Å². The Bertz CT molecular complexity index is 1270. The van der Waals surface area contributed by atoms with Crippen LogP contribution < -0.4 is 14.8 Å². The lowest BCUT2D eigenvalue weighted by Crippen LogP contribution is -2.15. The summed E-state index contributed by atoms with van der Waals surface area (Å²) in [6, 6.07) is 12.9. The fourth-order valence-corrected chi connectivity index (χ4v) is 4.34. The molecule has 0 aliphatic heterocycles. The van der Waals surface area contributed by atoms with Crippen LogP contribution in [0.25, 0.3) is 6.08 Å². The number of carbonyl (C=O) groups is 1. The topological polar surface area (TPSA) is 110 Å². The summed E-state index contributed by atoms with van der Waals surface area (Å²) >= 11 is 3.41. The Morgan fingerprint density at radius 1 is 1.09 bits per heavy atom. The highest BCUT2D eigenvalue weighted by Crippen LogP contribution is 2.25. The molecule has 0 radical (unpaired) electrons. The van der Waals surface area contributed by atoms with Crippen molar-refractivity contribution in [2.45, 2.75) is 25.7 Å². The molecule has 0 bridgehead atoms. The first-order valence-corrected chi connectivity index (χ1v) is 12.3. The van der Waals surface area contributed by atoms with E-state index >= 15 is 0 Å². The van der Waals surface area contributed by atoms with E-state index in [1.807, 2.05) is 25.1 Å². The Morgan fingerprint density at radius 3 is 2.48 bits per heavy atom. The average Bonchev–Trinajstić information content (AvgIpc) is 2.73. The number of aromatic nitrogens is 2. The first-order valence-electron chi connectivity index (χ1n) is 10.0. The Hall–Kier alpha value is -3.24. The van der Waals surface area contributed by atoms with Crippen molar-refractivity contribution in [2.75, 3.05) is 16.6 Å². The standard InChI is InChI=1S/C23H23BrN4O4S/c1-4-32-21-11-6-18(24)14-17(21)5-12-23(29)27-19-7-9-20(10-8-19)33(30,31)28-22-13-15(2)25-16(3)26-22/h5-14H,4H2,1-3H3,(H,27,29)(H,25,26,28)/b12-5+. The minimum absolute atomic E-state index is 0.0421. The fourth-order valence-electron chi connectivity index (χ4n) is 2.97. The molecule has 0 unspecified atom stereocenters. The van der Waals surface area contributed by atoms with E-state index in [9.17, 15) is 13.2 Å². The predicted molar refractivity (Wildman–Crippen MR) is 132 cm³/mol. The van der Waals surface area contributed by atoms with Gasteiger partial charge < -0.3 is 10.1 Å². The summed E-state index contributed by atoms with van der Waals surface area (Å²) in [5.41, 5.74) is 1.86. The van der Waals surface area contributed by atoms with E-state index in [1.54, 1.807) is 26.0 Å². The number of aryl methyl sites for hydroxylation is 2. The third-order valence-corrected chi connectivity index (χ3v) is 6.19. The highest BCUT2D eigenvalue weighted by molar-refractivity contribution is 9.10. The molecule has 8 nitrogen and oxygen atoms in total. The van der Waals surface area contributed by atoms with E-state index in [0.29, 0.717) is 29.6 Å². The molecule has 1 heterocycles. The van der Waals surface area contributed by atoms with Crippen molar-refractivity contribution in [1.82, 2.24) is 9.97 Å². The van der Waals surface area contributed by atoms with Crippen LogP contribution in [0.5, 0.6) is 5.75 Å². The van der Waals surface area contributed by atoms with E-state index < -0.39 is 10.0 Å². The Labute approximate surface area is 201 Å². The second-order valence-corrected chi connectivity index (χ2v) is 9.61. The molecule has 0 aliphatic rings. The summed E-state index contributed by atoms with van der Waals surface area (Å²) in [5.74, 6) is 0.968. The summed E-state index contributed by atoms with van der Waals surface area (Å²) in [5, 5.41) is 2.71. The second kappa shape index (κ2) is 10.6. The van der Waals surface area contributed by atoms with Gasteiger partial charge in [-0.2, -0.15) is 0 Å². The van der Waals surface area contributed by atoms with E-state index in [4.69, 9.17) is 4.74 Å². The average molecular weight is 531 g/mol. The van der Waals surface area contributed by atoms with Crippen molar-refractivity contribution < 1.29 is 17.9 Å². The number of hydrogen-bond acceptors (Lipinski definition) is 6. The van der Waals surface area contributed by atoms with Crippen LogP contribution in [-0.2, 0) is 14.8 Å². The Kier molecular flexibility index (Phi) is 7.83. The van der Waals surface area contributed by atoms with Crippen molar-refractivity contribution >= 4 is 49.4 Å². The monoisotopic (exact) mass is 530 g/mol. The van der Waals surface area contributed by atoms with Crippen LogP contribution in [0, 0.1) is 13.8 Å². The molecule has 0 spiro atoms. The number of hydrogen-bond donors (Lipinski definition) is 2. The van der Waals surface area contributed by atoms with E-state index in [1.165, 1.54) is 30.3 Å². The van der Waals surface area contributed by atoms with Crippen molar-refractivity contribution in [3.63, 3.8) is 0 Å². The lowest BCUT2D eigenvalue weighted by Gasteiger charge is -2.09. The van der Waals surface area contributed by atoms with E-state index in [2.05, 4.69) is 35.9 Å². The molecule has 0 atom stereocenters.